The lowest BCUT2D eigenvalue weighted by atomic mass is 9.90. The van der Waals surface area contributed by atoms with Crippen LogP contribution in [0.5, 0.6) is 0 Å². The predicted molar refractivity (Wildman–Crippen MR) is 73.2 cm³/mol. The van der Waals surface area contributed by atoms with E-state index < -0.39 is 0 Å². The highest BCUT2D eigenvalue weighted by molar-refractivity contribution is 7.99. The lowest BCUT2D eigenvalue weighted by molar-refractivity contribution is 0.112. The minimum atomic E-state index is 0.407. The Bertz CT molecular complexity index is 210. The van der Waals surface area contributed by atoms with Gasteiger partial charge in [0, 0.05) is 31.7 Å². The first-order valence-corrected chi connectivity index (χ1v) is 7.98. The van der Waals surface area contributed by atoms with E-state index in [1.807, 2.05) is 0 Å². The fraction of sp³-hybridized carbons (Fsp3) is 1.00. The Hall–Kier alpha value is 0.270. The third-order valence-corrected chi connectivity index (χ3v) is 5.58. The van der Waals surface area contributed by atoms with Crippen molar-refractivity contribution in [1.82, 2.24) is 10.2 Å². The average molecular weight is 242 g/mol. The van der Waals surface area contributed by atoms with Crippen LogP contribution in [0.25, 0.3) is 0 Å². The highest BCUT2D eigenvalue weighted by atomic mass is 32.2. The Morgan fingerprint density at radius 2 is 2.19 bits per heavy atom. The van der Waals surface area contributed by atoms with E-state index in [-0.39, 0.29) is 0 Å². The van der Waals surface area contributed by atoms with Gasteiger partial charge in [0.05, 0.1) is 0 Å². The van der Waals surface area contributed by atoms with Crippen LogP contribution in [-0.2, 0) is 0 Å². The van der Waals surface area contributed by atoms with Crippen molar-refractivity contribution in [3.8, 4) is 0 Å². The summed E-state index contributed by atoms with van der Waals surface area (Å²) in [5.74, 6) is 3.76. The van der Waals surface area contributed by atoms with Crippen LogP contribution in [-0.4, -0.2) is 48.1 Å². The van der Waals surface area contributed by atoms with Gasteiger partial charge in [-0.3, -0.25) is 4.90 Å². The maximum Gasteiger partial charge on any atom is 0.0304 e. The molecule has 1 N–H and O–H groups in total. The third kappa shape index (κ3) is 2.93. The van der Waals surface area contributed by atoms with E-state index in [2.05, 4.69) is 35.8 Å². The lowest BCUT2D eigenvalue weighted by Gasteiger charge is -2.43. The molecule has 0 spiro atoms. The number of piperazine rings is 1. The van der Waals surface area contributed by atoms with E-state index >= 15 is 0 Å². The topological polar surface area (TPSA) is 15.3 Å². The summed E-state index contributed by atoms with van der Waals surface area (Å²) in [4.78, 5) is 2.71. The van der Waals surface area contributed by atoms with Gasteiger partial charge < -0.3 is 5.32 Å². The maximum absolute atomic E-state index is 3.74. The quantitative estimate of drug-likeness (QED) is 0.814. The van der Waals surface area contributed by atoms with E-state index in [1.54, 1.807) is 0 Å². The molecule has 2 aliphatic heterocycles. The van der Waals surface area contributed by atoms with Gasteiger partial charge in [-0.05, 0) is 36.7 Å². The van der Waals surface area contributed by atoms with Gasteiger partial charge in [-0.15, -0.1) is 0 Å². The van der Waals surface area contributed by atoms with Crippen molar-refractivity contribution in [2.24, 2.45) is 5.92 Å². The fourth-order valence-corrected chi connectivity index (χ4v) is 4.29. The van der Waals surface area contributed by atoms with Gasteiger partial charge in [-0.1, -0.05) is 13.8 Å². The van der Waals surface area contributed by atoms with Crippen LogP contribution in [0.4, 0.5) is 0 Å². The molecular weight excluding hydrogens is 216 g/mol. The van der Waals surface area contributed by atoms with Crippen LogP contribution in [0.1, 0.15) is 33.1 Å². The van der Waals surface area contributed by atoms with Gasteiger partial charge in [-0.2, -0.15) is 11.8 Å². The lowest BCUT2D eigenvalue weighted by Crippen LogP contribution is -2.60. The second kappa shape index (κ2) is 5.74. The average Bonchev–Trinajstić information content (AvgIpc) is 2.82. The number of nitrogens with zero attached hydrogens (tertiary/aromatic N) is 1. The molecule has 2 rings (SSSR count). The molecule has 3 heteroatoms. The summed E-state index contributed by atoms with van der Waals surface area (Å²) in [6.45, 7) is 9.69. The molecule has 2 fully saturated rings. The van der Waals surface area contributed by atoms with Gasteiger partial charge in [0.2, 0.25) is 0 Å². The van der Waals surface area contributed by atoms with Crippen molar-refractivity contribution in [3.63, 3.8) is 0 Å². The molecule has 0 aromatic heterocycles. The zero-order valence-electron chi connectivity index (χ0n) is 10.8. The van der Waals surface area contributed by atoms with E-state index in [0.29, 0.717) is 5.54 Å². The Morgan fingerprint density at radius 3 is 2.81 bits per heavy atom. The van der Waals surface area contributed by atoms with Crippen LogP contribution in [0.2, 0.25) is 0 Å². The minimum Gasteiger partial charge on any atom is -0.309 e. The van der Waals surface area contributed by atoms with Crippen LogP contribution >= 0.6 is 11.8 Å². The van der Waals surface area contributed by atoms with E-state index in [0.717, 1.165) is 5.92 Å². The Morgan fingerprint density at radius 1 is 1.38 bits per heavy atom. The fourth-order valence-electron chi connectivity index (χ4n) is 3.01. The first-order chi connectivity index (χ1) is 7.78. The number of hydrogen-bond acceptors (Lipinski definition) is 3. The molecule has 0 amide bonds. The molecule has 0 aliphatic carbocycles. The van der Waals surface area contributed by atoms with Gasteiger partial charge >= 0.3 is 0 Å². The van der Waals surface area contributed by atoms with Gasteiger partial charge in [0.1, 0.15) is 0 Å². The molecule has 2 nitrogen and oxygen atoms in total. The Balaban J connectivity index is 1.85. The standard InChI is InChI=1S/C13H26N2S/c1-3-13(4-2)11-15(7-6-14-13)9-12-5-8-16-10-12/h12,14H,3-11H2,1-2H3. The van der Waals surface area contributed by atoms with Gasteiger partial charge in [-0.25, -0.2) is 0 Å². The summed E-state index contributed by atoms with van der Waals surface area (Å²) >= 11 is 2.14. The van der Waals surface area contributed by atoms with E-state index in [4.69, 9.17) is 0 Å². The summed E-state index contributed by atoms with van der Waals surface area (Å²) in [7, 11) is 0. The molecule has 0 saturated carbocycles. The summed E-state index contributed by atoms with van der Waals surface area (Å²) in [6, 6.07) is 0. The summed E-state index contributed by atoms with van der Waals surface area (Å²) in [5, 5.41) is 3.74. The third-order valence-electron chi connectivity index (χ3n) is 4.35. The number of nitrogens with one attached hydrogen (secondary N) is 1. The molecule has 1 atom stereocenters. The van der Waals surface area contributed by atoms with Crippen LogP contribution < -0.4 is 5.32 Å². The van der Waals surface area contributed by atoms with Crippen molar-refractivity contribution in [2.45, 2.75) is 38.6 Å². The molecule has 0 aromatic rings. The van der Waals surface area contributed by atoms with Crippen LogP contribution in [0.3, 0.4) is 0 Å². The predicted octanol–water partition coefficient (Wildman–Crippen LogP) is 2.20. The normalized spacial score (nSPS) is 30.8. The highest BCUT2D eigenvalue weighted by Gasteiger charge is 2.32. The molecule has 16 heavy (non-hydrogen) atoms. The minimum absolute atomic E-state index is 0.407. The Kier molecular flexibility index (Phi) is 4.57. The highest BCUT2D eigenvalue weighted by Crippen LogP contribution is 2.26. The molecule has 94 valence electrons. The number of thioether (sulfide) groups is 1. The maximum atomic E-state index is 3.74. The van der Waals surface area contributed by atoms with Crippen LogP contribution in [0, 0.1) is 5.92 Å². The van der Waals surface area contributed by atoms with Crippen molar-refractivity contribution in [2.75, 3.05) is 37.7 Å². The molecule has 1 unspecified atom stereocenters. The van der Waals surface area contributed by atoms with Crippen LogP contribution in [0.15, 0.2) is 0 Å². The van der Waals surface area contributed by atoms with Gasteiger partial charge in [0.25, 0.3) is 0 Å². The molecule has 0 radical (unpaired) electrons. The molecule has 0 aromatic carbocycles. The second-order valence-corrected chi connectivity index (χ2v) is 6.53. The molecular formula is C13H26N2S. The van der Waals surface area contributed by atoms with E-state index in [9.17, 15) is 0 Å². The molecule has 0 bridgehead atoms. The van der Waals surface area contributed by atoms with Crippen molar-refractivity contribution in [1.29, 1.82) is 0 Å². The van der Waals surface area contributed by atoms with Crippen molar-refractivity contribution in [3.05, 3.63) is 0 Å². The monoisotopic (exact) mass is 242 g/mol. The summed E-state index contributed by atoms with van der Waals surface area (Å²) in [5.41, 5.74) is 0.407. The Labute approximate surface area is 105 Å². The zero-order valence-corrected chi connectivity index (χ0v) is 11.6. The first-order valence-electron chi connectivity index (χ1n) is 6.83. The smallest absolute Gasteiger partial charge is 0.0304 e. The largest absolute Gasteiger partial charge is 0.309 e. The summed E-state index contributed by atoms with van der Waals surface area (Å²) in [6.07, 6.45) is 3.97. The summed E-state index contributed by atoms with van der Waals surface area (Å²) < 4.78 is 0. The van der Waals surface area contributed by atoms with E-state index in [1.165, 1.54) is 56.9 Å². The van der Waals surface area contributed by atoms with Gasteiger partial charge in [0.15, 0.2) is 0 Å². The molecule has 2 saturated heterocycles. The molecule has 2 heterocycles. The zero-order chi connectivity index (χ0) is 11.4. The molecule has 2 aliphatic rings. The first kappa shape index (κ1) is 12.7. The SMILES string of the molecule is CCC1(CC)CN(CC2CCSC2)CCN1. The number of rotatable bonds is 4. The van der Waals surface area contributed by atoms with Crippen molar-refractivity contribution < 1.29 is 0 Å². The second-order valence-electron chi connectivity index (χ2n) is 5.38. The van der Waals surface area contributed by atoms with Crippen molar-refractivity contribution >= 4 is 11.8 Å². The number of hydrogen-bond donors (Lipinski definition) is 1.